The third-order valence-corrected chi connectivity index (χ3v) is 4.42. The van der Waals surface area contributed by atoms with Crippen LogP contribution in [0, 0.1) is 0 Å². The lowest BCUT2D eigenvalue weighted by atomic mass is 9.95. The summed E-state index contributed by atoms with van der Waals surface area (Å²) in [6.07, 6.45) is 3.93. The van der Waals surface area contributed by atoms with Gasteiger partial charge in [-0.3, -0.25) is 4.90 Å². The number of furan rings is 1. The first-order chi connectivity index (χ1) is 11.2. The summed E-state index contributed by atoms with van der Waals surface area (Å²) in [5, 5.41) is 6.70. The molecule has 2 aromatic rings. The molecular weight excluding hydrogens is 300 g/mol. The molecule has 8 nitrogen and oxygen atoms in total. The van der Waals surface area contributed by atoms with Crippen LogP contribution >= 0.6 is 0 Å². The minimum atomic E-state index is -0.347. The number of aromatic nitrogens is 2. The number of likely N-dealkylation sites (tertiary alicyclic amines) is 1. The van der Waals surface area contributed by atoms with E-state index >= 15 is 0 Å². The molecule has 2 aliphatic rings. The number of ether oxygens (including phenoxy) is 1. The number of nitrogens with zero attached hydrogens (tertiary/aromatic N) is 3. The van der Waals surface area contributed by atoms with E-state index in [-0.39, 0.29) is 11.7 Å². The third kappa shape index (κ3) is 2.94. The Morgan fingerprint density at radius 3 is 3.09 bits per heavy atom. The van der Waals surface area contributed by atoms with Crippen LogP contribution in [0.4, 0.5) is 4.79 Å². The topological polar surface area (TPSA) is 93.6 Å². The second kappa shape index (κ2) is 5.69. The SMILES string of the molecule is O=C1NC[C@]2(CCCN(Cc3nc(-c4ccco4)no3)CC2)O1. The van der Waals surface area contributed by atoms with Crippen molar-refractivity contribution in [2.45, 2.75) is 31.4 Å². The van der Waals surface area contributed by atoms with Gasteiger partial charge in [0.2, 0.25) is 11.7 Å². The smallest absolute Gasteiger partial charge is 0.407 e. The lowest BCUT2D eigenvalue weighted by Crippen LogP contribution is -2.34. The normalized spacial score (nSPS) is 25.3. The van der Waals surface area contributed by atoms with Gasteiger partial charge in [0.05, 0.1) is 19.4 Å². The molecule has 4 rings (SSSR count). The predicted molar refractivity (Wildman–Crippen MR) is 78.3 cm³/mol. The zero-order valence-corrected chi connectivity index (χ0v) is 12.7. The molecule has 8 heteroatoms. The highest BCUT2D eigenvalue weighted by atomic mass is 16.6. The van der Waals surface area contributed by atoms with Crippen LogP contribution in [0.3, 0.4) is 0 Å². The van der Waals surface area contributed by atoms with E-state index in [2.05, 4.69) is 20.4 Å². The van der Waals surface area contributed by atoms with Crippen molar-refractivity contribution in [3.63, 3.8) is 0 Å². The molecule has 2 aromatic heterocycles. The van der Waals surface area contributed by atoms with E-state index in [0.717, 1.165) is 32.4 Å². The van der Waals surface area contributed by atoms with Crippen molar-refractivity contribution in [1.29, 1.82) is 0 Å². The van der Waals surface area contributed by atoms with Crippen molar-refractivity contribution in [2.75, 3.05) is 19.6 Å². The highest BCUT2D eigenvalue weighted by Gasteiger charge is 2.41. The molecular formula is C15H18N4O4. The van der Waals surface area contributed by atoms with E-state index < -0.39 is 0 Å². The summed E-state index contributed by atoms with van der Waals surface area (Å²) in [5.41, 5.74) is -0.347. The number of carbonyl (C=O) groups is 1. The summed E-state index contributed by atoms with van der Waals surface area (Å²) in [6.45, 7) is 2.93. The zero-order chi connectivity index (χ0) is 15.7. The highest BCUT2D eigenvalue weighted by Crippen LogP contribution is 2.29. The molecule has 2 saturated heterocycles. The fourth-order valence-electron chi connectivity index (χ4n) is 3.18. The molecule has 1 N–H and O–H groups in total. The molecule has 1 amide bonds. The van der Waals surface area contributed by atoms with Gasteiger partial charge in [-0.1, -0.05) is 5.16 Å². The first-order valence-electron chi connectivity index (χ1n) is 7.78. The molecule has 0 saturated carbocycles. The molecule has 0 aliphatic carbocycles. The largest absolute Gasteiger partial charge is 0.461 e. The molecule has 122 valence electrons. The Balaban J connectivity index is 1.39. The average Bonchev–Trinajstić information content (AvgIpc) is 3.23. The zero-order valence-electron chi connectivity index (χ0n) is 12.7. The maximum absolute atomic E-state index is 11.3. The fourth-order valence-corrected chi connectivity index (χ4v) is 3.18. The maximum atomic E-state index is 11.3. The van der Waals surface area contributed by atoms with E-state index in [4.69, 9.17) is 13.7 Å². The number of rotatable bonds is 3. The van der Waals surface area contributed by atoms with Gasteiger partial charge in [-0.15, -0.1) is 0 Å². The molecule has 23 heavy (non-hydrogen) atoms. The number of amides is 1. The lowest BCUT2D eigenvalue weighted by Gasteiger charge is -2.24. The minimum absolute atomic E-state index is 0.307. The summed E-state index contributed by atoms with van der Waals surface area (Å²) < 4.78 is 16.0. The van der Waals surface area contributed by atoms with Crippen LogP contribution in [0.1, 0.15) is 25.2 Å². The maximum Gasteiger partial charge on any atom is 0.407 e. The Bertz CT molecular complexity index is 683. The van der Waals surface area contributed by atoms with Gasteiger partial charge in [0, 0.05) is 13.0 Å². The summed E-state index contributed by atoms with van der Waals surface area (Å²) in [5.74, 6) is 1.62. The van der Waals surface area contributed by atoms with Crippen molar-refractivity contribution in [2.24, 2.45) is 0 Å². The first kappa shape index (κ1) is 14.3. The summed E-state index contributed by atoms with van der Waals surface area (Å²) in [7, 11) is 0. The molecule has 0 aromatic carbocycles. The molecule has 2 aliphatic heterocycles. The Kier molecular flexibility index (Phi) is 3.53. The van der Waals surface area contributed by atoms with Crippen LogP contribution in [0.25, 0.3) is 11.6 Å². The number of hydrogen-bond acceptors (Lipinski definition) is 7. The standard InChI is InChI=1S/C15H18N4O4/c20-14-16-10-15(22-14)4-2-6-19(7-5-15)9-12-17-13(18-23-12)11-3-1-8-21-11/h1,3,8H,2,4-7,9-10H2,(H,16,20)/t15-/m1/s1. The van der Waals surface area contributed by atoms with Crippen molar-refractivity contribution in [1.82, 2.24) is 20.4 Å². The Morgan fingerprint density at radius 1 is 1.35 bits per heavy atom. The quantitative estimate of drug-likeness (QED) is 0.922. The number of hydrogen-bond donors (Lipinski definition) is 1. The van der Waals surface area contributed by atoms with E-state index in [1.165, 1.54) is 0 Å². The van der Waals surface area contributed by atoms with Crippen molar-refractivity contribution < 1.29 is 18.5 Å². The van der Waals surface area contributed by atoms with Crippen molar-refractivity contribution in [3.8, 4) is 11.6 Å². The second-order valence-electron chi connectivity index (χ2n) is 6.04. The Hall–Kier alpha value is -2.35. The molecule has 4 heterocycles. The van der Waals surface area contributed by atoms with Crippen LogP contribution in [0.2, 0.25) is 0 Å². The number of nitrogens with one attached hydrogen (secondary N) is 1. The lowest BCUT2D eigenvalue weighted by molar-refractivity contribution is 0.0440. The molecule has 1 atom stereocenters. The van der Waals surface area contributed by atoms with Crippen LogP contribution in [0.5, 0.6) is 0 Å². The molecule has 1 spiro atoms. The van der Waals surface area contributed by atoms with Gasteiger partial charge in [0.15, 0.2) is 5.76 Å². The van der Waals surface area contributed by atoms with Crippen molar-refractivity contribution in [3.05, 3.63) is 24.3 Å². The van der Waals surface area contributed by atoms with E-state index in [1.54, 1.807) is 18.4 Å². The van der Waals surface area contributed by atoms with E-state index in [1.807, 2.05) is 0 Å². The average molecular weight is 318 g/mol. The van der Waals surface area contributed by atoms with Gasteiger partial charge in [-0.05, 0) is 31.5 Å². The molecule has 2 fully saturated rings. The third-order valence-electron chi connectivity index (χ3n) is 4.42. The van der Waals surface area contributed by atoms with Gasteiger partial charge in [0.1, 0.15) is 5.60 Å². The van der Waals surface area contributed by atoms with Crippen molar-refractivity contribution >= 4 is 6.09 Å². The predicted octanol–water partition coefficient (Wildman–Crippen LogP) is 1.79. The molecule has 0 radical (unpaired) electrons. The summed E-state index contributed by atoms with van der Waals surface area (Å²) in [4.78, 5) is 17.9. The van der Waals surface area contributed by atoms with E-state index in [9.17, 15) is 4.79 Å². The number of alkyl carbamates (subject to hydrolysis) is 1. The minimum Gasteiger partial charge on any atom is -0.461 e. The Labute approximate surface area is 132 Å². The van der Waals surface area contributed by atoms with Gasteiger partial charge in [-0.25, -0.2) is 4.79 Å². The first-order valence-corrected chi connectivity index (χ1v) is 7.78. The van der Waals surface area contributed by atoms with Gasteiger partial charge >= 0.3 is 6.09 Å². The monoisotopic (exact) mass is 318 g/mol. The molecule has 0 bridgehead atoms. The fraction of sp³-hybridized carbons (Fsp3) is 0.533. The summed E-state index contributed by atoms with van der Waals surface area (Å²) >= 11 is 0. The number of carbonyl (C=O) groups excluding carboxylic acids is 1. The highest BCUT2D eigenvalue weighted by molar-refractivity contribution is 5.70. The van der Waals surface area contributed by atoms with Crippen LogP contribution < -0.4 is 5.32 Å². The summed E-state index contributed by atoms with van der Waals surface area (Å²) in [6, 6.07) is 3.59. The molecule has 0 unspecified atom stereocenters. The van der Waals surface area contributed by atoms with Crippen LogP contribution in [-0.4, -0.2) is 46.4 Å². The van der Waals surface area contributed by atoms with Gasteiger partial charge < -0.3 is 19.0 Å². The second-order valence-corrected chi connectivity index (χ2v) is 6.04. The van der Waals surface area contributed by atoms with Crippen LogP contribution in [-0.2, 0) is 11.3 Å². The Morgan fingerprint density at radius 2 is 2.30 bits per heavy atom. The van der Waals surface area contributed by atoms with E-state index in [0.29, 0.717) is 30.6 Å². The van der Waals surface area contributed by atoms with Gasteiger partial charge in [0.25, 0.3) is 0 Å². The van der Waals surface area contributed by atoms with Gasteiger partial charge in [-0.2, -0.15) is 4.98 Å². The van der Waals surface area contributed by atoms with Crippen LogP contribution in [0.15, 0.2) is 27.3 Å².